The van der Waals surface area contributed by atoms with Crippen molar-refractivity contribution in [3.63, 3.8) is 0 Å². The molecule has 1 aliphatic heterocycles. The van der Waals surface area contributed by atoms with Gasteiger partial charge in [0, 0.05) is 23.1 Å². The largest absolute Gasteiger partial charge is 0.357 e. The van der Waals surface area contributed by atoms with E-state index in [9.17, 15) is 4.39 Å². The van der Waals surface area contributed by atoms with Crippen LogP contribution in [0.4, 0.5) is 4.39 Å². The number of para-hydroxylation sites is 1. The van der Waals surface area contributed by atoms with E-state index in [2.05, 4.69) is 40.6 Å². The van der Waals surface area contributed by atoms with Gasteiger partial charge in [-0.05, 0) is 67.3 Å². The summed E-state index contributed by atoms with van der Waals surface area (Å²) in [5, 5.41) is 5.21. The van der Waals surface area contributed by atoms with E-state index in [1.54, 1.807) is 6.07 Å². The summed E-state index contributed by atoms with van der Waals surface area (Å²) in [6.07, 6.45) is 5.51. The summed E-state index contributed by atoms with van der Waals surface area (Å²) in [6.45, 7) is 1.04. The molecular weight excluding hydrogens is 311 g/mol. The zero-order chi connectivity index (χ0) is 16.9. The van der Waals surface area contributed by atoms with Crippen LogP contribution in [0.15, 0.2) is 48.5 Å². The van der Waals surface area contributed by atoms with Crippen LogP contribution in [-0.2, 0) is 12.0 Å². The molecule has 1 aliphatic carbocycles. The van der Waals surface area contributed by atoms with Gasteiger partial charge in [-0.15, -0.1) is 0 Å². The fourth-order valence-corrected chi connectivity index (χ4v) is 5.01. The topological polar surface area (TPSA) is 27.8 Å². The summed E-state index contributed by atoms with van der Waals surface area (Å²) >= 11 is 0. The molecule has 2 N–H and O–H groups in total. The number of hydrogen-bond acceptors (Lipinski definition) is 1. The minimum absolute atomic E-state index is 0.0659. The highest BCUT2D eigenvalue weighted by Gasteiger charge is 2.41. The van der Waals surface area contributed by atoms with Gasteiger partial charge in [0.1, 0.15) is 5.82 Å². The molecule has 1 saturated carbocycles. The van der Waals surface area contributed by atoms with Crippen molar-refractivity contribution in [3.05, 3.63) is 71.2 Å². The Balaban J connectivity index is 1.47. The summed E-state index contributed by atoms with van der Waals surface area (Å²) in [5.41, 5.74) is 5.37. The van der Waals surface area contributed by atoms with Crippen molar-refractivity contribution in [2.45, 2.75) is 43.6 Å². The van der Waals surface area contributed by atoms with Crippen molar-refractivity contribution < 1.29 is 4.39 Å². The van der Waals surface area contributed by atoms with Gasteiger partial charge in [-0.25, -0.2) is 4.39 Å². The van der Waals surface area contributed by atoms with Crippen molar-refractivity contribution in [2.75, 3.05) is 6.54 Å². The Bertz CT molecular complexity index is 919. The van der Waals surface area contributed by atoms with E-state index in [0.717, 1.165) is 44.2 Å². The third-order valence-electron chi connectivity index (χ3n) is 6.29. The van der Waals surface area contributed by atoms with Crippen LogP contribution in [0.25, 0.3) is 10.9 Å². The Morgan fingerprint density at radius 3 is 2.68 bits per heavy atom. The molecule has 3 aromatic rings. The van der Waals surface area contributed by atoms with Gasteiger partial charge in [0.2, 0.25) is 0 Å². The quantitative estimate of drug-likeness (QED) is 0.643. The summed E-state index contributed by atoms with van der Waals surface area (Å²) < 4.78 is 13.6. The van der Waals surface area contributed by atoms with Gasteiger partial charge < -0.3 is 10.3 Å². The SMILES string of the molecule is Fc1cccc(C2CCC3(CC2)NCCc2c3[nH]c3ccccc23)c1. The minimum Gasteiger partial charge on any atom is -0.357 e. The fraction of sp³-hybridized carbons (Fsp3) is 0.364. The van der Waals surface area contributed by atoms with Crippen LogP contribution in [0, 0.1) is 5.82 Å². The van der Waals surface area contributed by atoms with E-state index in [1.165, 1.54) is 28.2 Å². The second-order valence-electron chi connectivity index (χ2n) is 7.61. The molecule has 3 heteroatoms. The van der Waals surface area contributed by atoms with E-state index in [0.29, 0.717) is 5.92 Å². The summed E-state index contributed by atoms with van der Waals surface area (Å²) in [5.74, 6) is 0.351. The Hall–Kier alpha value is -2.13. The molecule has 1 fully saturated rings. The summed E-state index contributed by atoms with van der Waals surface area (Å²) in [7, 11) is 0. The van der Waals surface area contributed by atoms with Gasteiger partial charge >= 0.3 is 0 Å². The molecule has 1 spiro atoms. The van der Waals surface area contributed by atoms with E-state index < -0.39 is 0 Å². The third-order valence-corrected chi connectivity index (χ3v) is 6.29. The number of aromatic amines is 1. The van der Waals surface area contributed by atoms with E-state index in [4.69, 9.17) is 0 Å². The van der Waals surface area contributed by atoms with Crippen LogP contribution in [-0.4, -0.2) is 11.5 Å². The molecule has 0 unspecified atom stereocenters. The van der Waals surface area contributed by atoms with Crippen molar-refractivity contribution >= 4 is 10.9 Å². The molecule has 128 valence electrons. The first-order valence-electron chi connectivity index (χ1n) is 9.36. The van der Waals surface area contributed by atoms with E-state index in [-0.39, 0.29) is 11.4 Å². The molecule has 2 heterocycles. The number of aromatic nitrogens is 1. The first-order chi connectivity index (χ1) is 12.3. The minimum atomic E-state index is -0.119. The van der Waals surface area contributed by atoms with Crippen LogP contribution in [0.1, 0.15) is 48.4 Å². The average Bonchev–Trinajstić information content (AvgIpc) is 3.03. The van der Waals surface area contributed by atoms with Gasteiger partial charge in [-0.3, -0.25) is 0 Å². The van der Waals surface area contributed by atoms with Crippen LogP contribution in [0.2, 0.25) is 0 Å². The Labute approximate surface area is 147 Å². The Morgan fingerprint density at radius 1 is 1.00 bits per heavy atom. The smallest absolute Gasteiger partial charge is 0.123 e. The van der Waals surface area contributed by atoms with Crippen LogP contribution >= 0.6 is 0 Å². The normalized spacial score (nSPS) is 26.0. The lowest BCUT2D eigenvalue weighted by Crippen LogP contribution is -2.49. The van der Waals surface area contributed by atoms with Gasteiger partial charge in [-0.2, -0.15) is 0 Å². The highest BCUT2D eigenvalue weighted by Crippen LogP contribution is 2.46. The Kier molecular flexibility index (Phi) is 3.46. The zero-order valence-corrected chi connectivity index (χ0v) is 14.3. The standard InChI is InChI=1S/C22H23FN2/c23-17-5-3-4-16(14-17)15-8-11-22(12-9-15)21-19(10-13-24-22)18-6-1-2-7-20(18)25-21/h1-7,14-15,24-25H,8-13H2. The number of hydrogen-bond donors (Lipinski definition) is 2. The first-order valence-corrected chi connectivity index (χ1v) is 9.36. The molecule has 0 atom stereocenters. The first kappa shape index (κ1) is 15.2. The number of fused-ring (bicyclic) bond motifs is 4. The van der Waals surface area contributed by atoms with Crippen molar-refractivity contribution in [3.8, 4) is 0 Å². The maximum atomic E-state index is 13.6. The maximum Gasteiger partial charge on any atom is 0.123 e. The lowest BCUT2D eigenvalue weighted by atomic mass is 9.70. The average molecular weight is 334 g/mol. The van der Waals surface area contributed by atoms with E-state index in [1.807, 2.05) is 6.07 Å². The molecule has 25 heavy (non-hydrogen) atoms. The number of H-pyrrole nitrogens is 1. The summed E-state index contributed by atoms with van der Waals surface area (Å²) in [6, 6.07) is 15.8. The highest BCUT2D eigenvalue weighted by molar-refractivity contribution is 5.85. The predicted molar refractivity (Wildman–Crippen MR) is 99.3 cm³/mol. The molecule has 2 nitrogen and oxygen atoms in total. The maximum absolute atomic E-state index is 13.6. The third kappa shape index (κ3) is 2.41. The summed E-state index contributed by atoms with van der Waals surface area (Å²) in [4.78, 5) is 3.72. The van der Waals surface area contributed by atoms with Crippen LogP contribution in [0.3, 0.4) is 0 Å². The lowest BCUT2D eigenvalue weighted by Gasteiger charge is -2.43. The van der Waals surface area contributed by atoms with Crippen molar-refractivity contribution in [1.82, 2.24) is 10.3 Å². The van der Waals surface area contributed by atoms with Gasteiger partial charge in [0.05, 0.1) is 5.54 Å². The molecular formula is C22H23FN2. The monoisotopic (exact) mass is 334 g/mol. The molecule has 2 aliphatic rings. The molecule has 0 bridgehead atoms. The second kappa shape index (κ2) is 5.70. The van der Waals surface area contributed by atoms with Gasteiger partial charge in [0.15, 0.2) is 0 Å². The second-order valence-corrected chi connectivity index (χ2v) is 7.61. The molecule has 0 amide bonds. The van der Waals surface area contributed by atoms with Crippen molar-refractivity contribution in [1.29, 1.82) is 0 Å². The predicted octanol–water partition coefficient (Wildman–Crippen LogP) is 5.01. The number of benzene rings is 2. The van der Waals surface area contributed by atoms with E-state index >= 15 is 0 Å². The van der Waals surface area contributed by atoms with Gasteiger partial charge in [-0.1, -0.05) is 30.3 Å². The number of halogens is 1. The van der Waals surface area contributed by atoms with Crippen LogP contribution in [0.5, 0.6) is 0 Å². The zero-order valence-electron chi connectivity index (χ0n) is 14.3. The van der Waals surface area contributed by atoms with Crippen LogP contribution < -0.4 is 5.32 Å². The molecule has 5 rings (SSSR count). The number of rotatable bonds is 1. The lowest BCUT2D eigenvalue weighted by molar-refractivity contribution is 0.202. The number of nitrogens with one attached hydrogen (secondary N) is 2. The molecule has 0 saturated heterocycles. The highest BCUT2D eigenvalue weighted by atomic mass is 19.1. The molecule has 2 aromatic carbocycles. The molecule has 0 radical (unpaired) electrons. The fourth-order valence-electron chi connectivity index (χ4n) is 5.01. The van der Waals surface area contributed by atoms with Gasteiger partial charge in [0.25, 0.3) is 0 Å². The Morgan fingerprint density at radius 2 is 1.84 bits per heavy atom. The molecule has 1 aromatic heterocycles. The van der Waals surface area contributed by atoms with Crippen molar-refractivity contribution in [2.24, 2.45) is 0 Å².